The zero-order valence-electron chi connectivity index (χ0n) is 21.8. The minimum absolute atomic E-state index is 0.0203. The molecular weight excluding hydrogens is 541 g/mol. The third-order valence-corrected chi connectivity index (χ3v) is 10.1. The summed E-state index contributed by atoms with van der Waals surface area (Å²) in [5, 5.41) is 11.2. The van der Waals surface area contributed by atoms with Crippen molar-refractivity contribution in [2.75, 3.05) is 19.7 Å². The highest BCUT2D eigenvalue weighted by atomic mass is 35.5. The second-order valence-corrected chi connectivity index (χ2v) is 13.0. The Hall–Kier alpha value is -1.74. The number of hydrogen-bond donors (Lipinski definition) is 0. The summed E-state index contributed by atoms with van der Waals surface area (Å²) in [5.41, 5.74) is 0.828. The van der Waals surface area contributed by atoms with E-state index in [0.29, 0.717) is 28.1 Å². The van der Waals surface area contributed by atoms with Crippen molar-refractivity contribution in [2.24, 2.45) is 28.8 Å². The smallest absolute Gasteiger partial charge is 0.309 e. The molecule has 1 aromatic heterocycles. The molecule has 4 saturated carbocycles. The Morgan fingerprint density at radius 2 is 1.82 bits per heavy atom. The highest BCUT2D eigenvalue weighted by molar-refractivity contribution is 7.71. The van der Waals surface area contributed by atoms with Crippen molar-refractivity contribution in [3.8, 4) is 0 Å². The van der Waals surface area contributed by atoms with E-state index >= 15 is 0 Å². The molecule has 1 aliphatic heterocycles. The van der Waals surface area contributed by atoms with Gasteiger partial charge in [0, 0.05) is 29.1 Å². The number of halogens is 2. The van der Waals surface area contributed by atoms with E-state index in [9.17, 15) is 4.79 Å². The van der Waals surface area contributed by atoms with Crippen LogP contribution in [0.5, 0.6) is 0 Å². The fraction of sp³-hybridized carbons (Fsp3) is 0.643. The number of aromatic nitrogens is 3. The SMILES string of the molecule is CCOC(=O)C1CCN(Cn2nc(C34CC5CC(CC(C5)C3)C4)n(/N=C/c3ccc(Cl)cc3Cl)c2=S)CC1. The number of rotatable bonds is 7. The van der Waals surface area contributed by atoms with Gasteiger partial charge in [-0.2, -0.15) is 14.9 Å². The molecule has 204 valence electrons. The van der Waals surface area contributed by atoms with Gasteiger partial charge in [-0.1, -0.05) is 29.3 Å². The van der Waals surface area contributed by atoms with Crippen LogP contribution in [0.4, 0.5) is 0 Å². The standard InChI is InChI=1S/C28H35Cl2N5O2S/c1-2-37-25(36)21-5-7-33(8-6-21)17-34-27(38)35(31-16-22-3-4-23(29)12-24(22)30)26(32-34)28-13-18-9-19(14-28)11-20(10-18)15-28/h3-4,12,16,18-21H,2,5-11,13-15,17H2,1H3/b31-16+. The average Bonchev–Trinajstić information content (AvgIpc) is 3.19. The molecule has 7 rings (SSSR count). The van der Waals surface area contributed by atoms with Gasteiger partial charge < -0.3 is 4.74 Å². The first-order valence-electron chi connectivity index (χ1n) is 13.9. The summed E-state index contributed by atoms with van der Waals surface area (Å²) in [7, 11) is 0. The van der Waals surface area contributed by atoms with Crippen molar-refractivity contribution in [1.29, 1.82) is 0 Å². The highest BCUT2D eigenvalue weighted by Crippen LogP contribution is 2.60. The molecule has 0 unspecified atom stereocenters. The second-order valence-electron chi connectivity index (χ2n) is 11.8. The monoisotopic (exact) mass is 575 g/mol. The van der Waals surface area contributed by atoms with Crippen molar-refractivity contribution >= 4 is 47.6 Å². The van der Waals surface area contributed by atoms with Crippen LogP contribution in [0.3, 0.4) is 0 Å². The number of piperidine rings is 1. The highest BCUT2D eigenvalue weighted by Gasteiger charge is 2.54. The third-order valence-electron chi connectivity index (χ3n) is 9.15. The lowest BCUT2D eigenvalue weighted by atomic mass is 9.49. The molecule has 4 bridgehead atoms. The first-order valence-corrected chi connectivity index (χ1v) is 15.1. The maximum atomic E-state index is 12.2. The lowest BCUT2D eigenvalue weighted by Crippen LogP contribution is -2.49. The Balaban J connectivity index is 1.30. The summed E-state index contributed by atoms with van der Waals surface area (Å²) in [4.78, 5) is 14.5. The molecule has 1 aromatic carbocycles. The van der Waals surface area contributed by atoms with Crippen molar-refractivity contribution in [2.45, 2.75) is 70.4 Å². The first-order chi connectivity index (χ1) is 18.3. The topological polar surface area (TPSA) is 64.7 Å². The molecule has 7 nitrogen and oxygen atoms in total. The van der Waals surface area contributed by atoms with Gasteiger partial charge in [-0.25, -0.2) is 4.68 Å². The van der Waals surface area contributed by atoms with Gasteiger partial charge >= 0.3 is 5.97 Å². The van der Waals surface area contributed by atoms with Crippen molar-refractivity contribution in [1.82, 2.24) is 19.4 Å². The van der Waals surface area contributed by atoms with Gasteiger partial charge in [-0.3, -0.25) is 9.69 Å². The quantitative estimate of drug-likeness (QED) is 0.220. The third kappa shape index (κ3) is 5.09. The molecular formula is C28H35Cl2N5O2S. The van der Waals surface area contributed by atoms with Crippen molar-refractivity contribution < 1.29 is 9.53 Å². The van der Waals surface area contributed by atoms with Crippen LogP contribution in [0.15, 0.2) is 23.3 Å². The molecule has 0 radical (unpaired) electrons. The molecule has 2 heterocycles. The van der Waals surface area contributed by atoms with E-state index in [-0.39, 0.29) is 17.3 Å². The summed E-state index contributed by atoms with van der Waals surface area (Å²) in [6.07, 6.45) is 11.0. The van der Waals surface area contributed by atoms with Crippen LogP contribution in [0, 0.1) is 28.4 Å². The number of benzene rings is 1. The van der Waals surface area contributed by atoms with E-state index < -0.39 is 0 Å². The van der Waals surface area contributed by atoms with Gasteiger partial charge in [0.2, 0.25) is 4.77 Å². The summed E-state index contributed by atoms with van der Waals surface area (Å²) >= 11 is 18.6. The summed E-state index contributed by atoms with van der Waals surface area (Å²) in [6, 6.07) is 5.42. The minimum atomic E-state index is -0.0765. The number of esters is 1. The Labute approximate surface area is 239 Å². The zero-order chi connectivity index (χ0) is 26.4. The Morgan fingerprint density at radius 1 is 1.16 bits per heavy atom. The van der Waals surface area contributed by atoms with Crippen LogP contribution in [0.25, 0.3) is 0 Å². The predicted octanol–water partition coefficient (Wildman–Crippen LogP) is 6.30. The molecule has 0 atom stereocenters. The van der Waals surface area contributed by atoms with E-state index in [1.54, 1.807) is 12.3 Å². The average molecular weight is 577 g/mol. The van der Waals surface area contributed by atoms with Crippen LogP contribution >= 0.6 is 35.4 Å². The lowest BCUT2D eigenvalue weighted by Gasteiger charge is -2.55. The fourth-order valence-corrected chi connectivity index (χ4v) is 8.49. The molecule has 4 aliphatic carbocycles. The van der Waals surface area contributed by atoms with Crippen LogP contribution in [0.2, 0.25) is 10.0 Å². The maximum Gasteiger partial charge on any atom is 0.309 e. The summed E-state index contributed by atoms with van der Waals surface area (Å²) in [6.45, 7) is 4.51. The van der Waals surface area contributed by atoms with E-state index in [0.717, 1.165) is 55.1 Å². The Bertz CT molecular complexity index is 1260. The molecule has 5 fully saturated rings. The van der Waals surface area contributed by atoms with Gasteiger partial charge in [0.15, 0.2) is 5.82 Å². The van der Waals surface area contributed by atoms with Gasteiger partial charge in [-0.05, 0) is 100 Å². The maximum absolute atomic E-state index is 12.2. The number of nitrogens with zero attached hydrogens (tertiary/aromatic N) is 5. The van der Waals surface area contributed by atoms with Gasteiger partial charge in [-0.15, -0.1) is 0 Å². The summed E-state index contributed by atoms with van der Waals surface area (Å²) in [5.74, 6) is 3.25. The first kappa shape index (κ1) is 26.5. The molecule has 5 aliphatic rings. The lowest BCUT2D eigenvalue weighted by molar-refractivity contribution is -0.149. The Morgan fingerprint density at radius 3 is 2.42 bits per heavy atom. The minimum Gasteiger partial charge on any atom is -0.466 e. The number of ether oxygens (including phenoxy) is 1. The fourth-order valence-electron chi connectivity index (χ4n) is 7.80. The van der Waals surface area contributed by atoms with Crippen LogP contribution < -0.4 is 0 Å². The molecule has 1 saturated heterocycles. The van der Waals surface area contributed by atoms with E-state index in [2.05, 4.69) is 4.90 Å². The second kappa shape index (κ2) is 10.7. The summed E-state index contributed by atoms with van der Waals surface area (Å²) < 4.78 is 9.68. The van der Waals surface area contributed by atoms with E-state index in [4.69, 9.17) is 50.4 Å². The normalized spacial score (nSPS) is 29.4. The zero-order valence-corrected chi connectivity index (χ0v) is 24.1. The molecule has 0 spiro atoms. The molecule has 0 N–H and O–H groups in total. The predicted molar refractivity (Wildman–Crippen MR) is 151 cm³/mol. The number of hydrogen-bond acceptors (Lipinski definition) is 6. The van der Waals surface area contributed by atoms with Crippen molar-refractivity contribution in [3.05, 3.63) is 44.4 Å². The van der Waals surface area contributed by atoms with Crippen LogP contribution in [-0.4, -0.2) is 51.2 Å². The van der Waals surface area contributed by atoms with E-state index in [1.807, 2.05) is 28.4 Å². The number of likely N-dealkylation sites (tertiary alicyclic amines) is 1. The van der Waals surface area contributed by atoms with Gasteiger partial charge in [0.1, 0.15) is 0 Å². The number of carbonyl (C=O) groups excluding carboxylic acids is 1. The van der Waals surface area contributed by atoms with Gasteiger partial charge in [0.05, 0.1) is 30.4 Å². The van der Waals surface area contributed by atoms with Gasteiger partial charge in [0.25, 0.3) is 0 Å². The van der Waals surface area contributed by atoms with Crippen molar-refractivity contribution in [3.63, 3.8) is 0 Å². The molecule has 10 heteroatoms. The van der Waals surface area contributed by atoms with Crippen LogP contribution in [-0.2, 0) is 21.6 Å². The number of carbonyl (C=O) groups is 1. The Kier molecular flexibility index (Phi) is 7.44. The molecule has 2 aromatic rings. The van der Waals surface area contributed by atoms with Crippen LogP contribution in [0.1, 0.15) is 69.7 Å². The molecule has 38 heavy (non-hydrogen) atoms. The largest absolute Gasteiger partial charge is 0.466 e. The van der Waals surface area contributed by atoms with E-state index in [1.165, 1.54) is 38.5 Å². The molecule has 0 amide bonds.